The Morgan fingerprint density at radius 2 is 2.33 bits per heavy atom. The van der Waals surface area contributed by atoms with Crippen LogP contribution in [0.1, 0.15) is 18.6 Å². The zero-order valence-electron chi connectivity index (χ0n) is 12.3. The minimum absolute atomic E-state index is 0. The van der Waals surface area contributed by atoms with Gasteiger partial charge in [0.2, 0.25) is 0 Å². The maximum Gasteiger partial charge on any atom is 0.191 e. The first-order chi connectivity index (χ1) is 9.78. The van der Waals surface area contributed by atoms with Crippen LogP contribution in [0.25, 0.3) is 0 Å². The molecule has 7 heteroatoms. The van der Waals surface area contributed by atoms with E-state index in [0.29, 0.717) is 13.2 Å². The molecule has 1 saturated heterocycles. The number of hydrogen-bond acceptors (Lipinski definition) is 4. The van der Waals surface area contributed by atoms with Crippen molar-refractivity contribution in [1.82, 2.24) is 10.6 Å². The van der Waals surface area contributed by atoms with Crippen molar-refractivity contribution in [3.8, 4) is 0 Å². The number of aliphatic hydroxyl groups is 1. The first-order valence-corrected chi connectivity index (χ1v) is 6.93. The summed E-state index contributed by atoms with van der Waals surface area (Å²) in [6, 6.07) is 3.78. The summed E-state index contributed by atoms with van der Waals surface area (Å²) in [5.41, 5.74) is 0.0110. The van der Waals surface area contributed by atoms with E-state index in [1.54, 1.807) is 13.3 Å². The number of hydrogen-bond donors (Lipinski definition) is 3. The number of rotatable bonds is 6. The Morgan fingerprint density at radius 1 is 1.48 bits per heavy atom. The normalized spacial score (nSPS) is 21.9. The lowest BCUT2D eigenvalue weighted by Crippen LogP contribution is -2.44. The van der Waals surface area contributed by atoms with E-state index in [-0.39, 0.29) is 36.0 Å². The molecular formula is C14H24IN3O3. The molecule has 1 unspecified atom stereocenters. The van der Waals surface area contributed by atoms with Crippen molar-refractivity contribution in [3.05, 3.63) is 24.2 Å². The van der Waals surface area contributed by atoms with E-state index in [1.165, 1.54) is 0 Å². The summed E-state index contributed by atoms with van der Waals surface area (Å²) in [4.78, 5) is 4.19. The monoisotopic (exact) mass is 409 g/mol. The highest BCUT2D eigenvalue weighted by Gasteiger charge is 2.34. The zero-order valence-corrected chi connectivity index (χ0v) is 14.6. The molecule has 2 heterocycles. The highest BCUT2D eigenvalue weighted by molar-refractivity contribution is 14.0. The Labute approximate surface area is 142 Å². The number of nitrogens with one attached hydrogen (secondary N) is 2. The van der Waals surface area contributed by atoms with E-state index >= 15 is 0 Å². The molecule has 3 N–H and O–H groups in total. The van der Waals surface area contributed by atoms with Gasteiger partial charge in [-0.25, -0.2) is 0 Å². The second-order valence-corrected chi connectivity index (χ2v) is 5.13. The molecule has 0 radical (unpaired) electrons. The van der Waals surface area contributed by atoms with Crippen LogP contribution in [0, 0.1) is 5.41 Å². The predicted molar refractivity (Wildman–Crippen MR) is 91.9 cm³/mol. The van der Waals surface area contributed by atoms with Gasteiger partial charge in [-0.05, 0) is 25.0 Å². The molecule has 2 rings (SSSR count). The standard InChI is InChI=1S/C14H23N3O3.HI/c1-15-13(16-9-12-3-2-7-20-12)17-10-14(4-6-18)5-8-19-11-14;/h2-3,7,18H,4-6,8-11H2,1H3,(H2,15,16,17);1H. The third-order valence-electron chi connectivity index (χ3n) is 3.69. The summed E-state index contributed by atoms with van der Waals surface area (Å²) in [5, 5.41) is 15.7. The molecule has 0 saturated carbocycles. The van der Waals surface area contributed by atoms with Gasteiger partial charge >= 0.3 is 0 Å². The van der Waals surface area contributed by atoms with Gasteiger partial charge in [-0.2, -0.15) is 0 Å². The number of ether oxygens (including phenoxy) is 1. The van der Waals surface area contributed by atoms with Crippen molar-refractivity contribution < 1.29 is 14.3 Å². The second kappa shape index (κ2) is 9.26. The van der Waals surface area contributed by atoms with Gasteiger partial charge in [0.05, 0.1) is 19.4 Å². The molecule has 6 nitrogen and oxygen atoms in total. The van der Waals surface area contributed by atoms with Gasteiger partial charge in [-0.3, -0.25) is 4.99 Å². The van der Waals surface area contributed by atoms with E-state index in [4.69, 9.17) is 9.15 Å². The molecule has 0 bridgehead atoms. The molecule has 1 aromatic heterocycles. The molecule has 1 atom stereocenters. The van der Waals surface area contributed by atoms with Crippen LogP contribution >= 0.6 is 24.0 Å². The maximum atomic E-state index is 9.20. The fraction of sp³-hybridized carbons (Fsp3) is 0.643. The van der Waals surface area contributed by atoms with Crippen LogP contribution < -0.4 is 10.6 Å². The maximum absolute atomic E-state index is 9.20. The Bertz CT molecular complexity index is 417. The number of halogens is 1. The van der Waals surface area contributed by atoms with Crippen LogP contribution in [0.3, 0.4) is 0 Å². The number of nitrogens with zero attached hydrogens (tertiary/aromatic N) is 1. The average molecular weight is 409 g/mol. The van der Waals surface area contributed by atoms with Gasteiger partial charge in [-0.15, -0.1) is 24.0 Å². The zero-order chi connectivity index (χ0) is 14.3. The van der Waals surface area contributed by atoms with Crippen molar-refractivity contribution in [2.75, 3.05) is 33.4 Å². The van der Waals surface area contributed by atoms with Crippen molar-refractivity contribution in [1.29, 1.82) is 0 Å². The molecule has 1 aliphatic rings. The largest absolute Gasteiger partial charge is 0.467 e. The van der Waals surface area contributed by atoms with Crippen molar-refractivity contribution >= 4 is 29.9 Å². The molecule has 0 amide bonds. The molecular weight excluding hydrogens is 385 g/mol. The molecule has 1 aliphatic heterocycles. The Balaban J connectivity index is 0.00000220. The molecule has 21 heavy (non-hydrogen) atoms. The third kappa shape index (κ3) is 5.48. The van der Waals surface area contributed by atoms with Crippen LogP contribution in [0.2, 0.25) is 0 Å². The highest BCUT2D eigenvalue weighted by atomic mass is 127. The number of aliphatic hydroxyl groups excluding tert-OH is 1. The Hall–Kier alpha value is -0.800. The smallest absolute Gasteiger partial charge is 0.191 e. The topological polar surface area (TPSA) is 79.0 Å². The summed E-state index contributed by atoms with van der Waals surface area (Å²) >= 11 is 0. The molecule has 0 aliphatic carbocycles. The van der Waals surface area contributed by atoms with Crippen LogP contribution in [0.5, 0.6) is 0 Å². The van der Waals surface area contributed by atoms with Crippen LogP contribution in [-0.4, -0.2) is 44.5 Å². The van der Waals surface area contributed by atoms with Gasteiger partial charge in [0.15, 0.2) is 5.96 Å². The quantitative estimate of drug-likeness (QED) is 0.376. The summed E-state index contributed by atoms with van der Waals surface area (Å²) in [7, 11) is 1.74. The van der Waals surface area contributed by atoms with Gasteiger partial charge in [0, 0.05) is 32.2 Å². The average Bonchev–Trinajstić information content (AvgIpc) is 3.11. The molecule has 1 fully saturated rings. The number of guanidine groups is 1. The third-order valence-corrected chi connectivity index (χ3v) is 3.69. The van der Waals surface area contributed by atoms with Crippen LogP contribution in [-0.2, 0) is 11.3 Å². The Kier molecular flexibility index (Phi) is 8.05. The molecule has 120 valence electrons. The molecule has 1 aromatic rings. The number of aliphatic imine (C=N–C) groups is 1. The minimum Gasteiger partial charge on any atom is -0.467 e. The number of furan rings is 1. The second-order valence-electron chi connectivity index (χ2n) is 5.13. The van der Waals surface area contributed by atoms with E-state index in [9.17, 15) is 5.11 Å². The summed E-state index contributed by atoms with van der Waals surface area (Å²) in [5.74, 6) is 1.59. The van der Waals surface area contributed by atoms with E-state index in [0.717, 1.165) is 37.7 Å². The van der Waals surface area contributed by atoms with E-state index < -0.39 is 0 Å². The SMILES string of the molecule is CN=C(NCc1ccco1)NCC1(CCO)CCOC1.I. The summed E-state index contributed by atoms with van der Waals surface area (Å²) in [6.07, 6.45) is 3.37. The fourth-order valence-corrected chi connectivity index (χ4v) is 2.39. The van der Waals surface area contributed by atoms with E-state index in [2.05, 4.69) is 15.6 Å². The van der Waals surface area contributed by atoms with Crippen molar-refractivity contribution in [2.45, 2.75) is 19.4 Å². The molecule has 0 spiro atoms. The van der Waals surface area contributed by atoms with Crippen molar-refractivity contribution in [3.63, 3.8) is 0 Å². The van der Waals surface area contributed by atoms with Gasteiger partial charge in [0.25, 0.3) is 0 Å². The Morgan fingerprint density at radius 3 is 2.90 bits per heavy atom. The minimum atomic E-state index is 0. The lowest BCUT2D eigenvalue weighted by atomic mass is 9.84. The van der Waals surface area contributed by atoms with Gasteiger partial charge in [-0.1, -0.05) is 0 Å². The highest BCUT2D eigenvalue weighted by Crippen LogP contribution is 2.31. The van der Waals surface area contributed by atoms with E-state index in [1.807, 2.05) is 12.1 Å². The predicted octanol–water partition coefficient (Wildman–Crippen LogP) is 1.35. The summed E-state index contributed by atoms with van der Waals surface area (Å²) in [6.45, 7) is 2.97. The lowest BCUT2D eigenvalue weighted by Gasteiger charge is -2.27. The first kappa shape index (κ1) is 18.2. The van der Waals surface area contributed by atoms with Crippen LogP contribution in [0.15, 0.2) is 27.8 Å². The first-order valence-electron chi connectivity index (χ1n) is 6.93. The van der Waals surface area contributed by atoms with Crippen molar-refractivity contribution in [2.24, 2.45) is 10.4 Å². The fourth-order valence-electron chi connectivity index (χ4n) is 2.39. The lowest BCUT2D eigenvalue weighted by molar-refractivity contribution is 0.127. The van der Waals surface area contributed by atoms with Gasteiger partial charge in [0.1, 0.15) is 5.76 Å². The molecule has 0 aromatic carbocycles. The van der Waals surface area contributed by atoms with Crippen LogP contribution in [0.4, 0.5) is 0 Å². The van der Waals surface area contributed by atoms with Gasteiger partial charge < -0.3 is 24.9 Å². The summed E-state index contributed by atoms with van der Waals surface area (Å²) < 4.78 is 10.7.